The topological polar surface area (TPSA) is 64.0 Å². The second-order valence-corrected chi connectivity index (χ2v) is 5.06. The molecule has 2 rings (SSSR count). The van der Waals surface area contributed by atoms with Gasteiger partial charge in [-0.25, -0.2) is 4.98 Å². The first-order valence-corrected chi connectivity index (χ1v) is 6.38. The number of carbonyl (C=O) groups excluding carboxylic acids is 1. The number of hydrogen-bond acceptors (Lipinski definition) is 3. The number of aryl methyl sites for hydroxylation is 1. The number of amides is 1. The van der Waals surface area contributed by atoms with Crippen molar-refractivity contribution in [1.29, 1.82) is 0 Å². The standard InChI is InChI=1S/C11H14BrN3O2/c1-7-13-6-9(12)11(17)15(7)5-4-10(16)14-8-2-3-8/h6,8H,2-5H2,1H3,(H,14,16). The van der Waals surface area contributed by atoms with Crippen LogP contribution in [0.3, 0.4) is 0 Å². The molecular weight excluding hydrogens is 286 g/mol. The monoisotopic (exact) mass is 299 g/mol. The Morgan fingerprint density at radius 1 is 1.65 bits per heavy atom. The Morgan fingerprint density at radius 2 is 2.35 bits per heavy atom. The third-order valence-electron chi connectivity index (χ3n) is 2.71. The minimum Gasteiger partial charge on any atom is -0.353 e. The van der Waals surface area contributed by atoms with Crippen LogP contribution in [0.25, 0.3) is 0 Å². The Labute approximate surface area is 107 Å². The zero-order valence-corrected chi connectivity index (χ0v) is 11.2. The summed E-state index contributed by atoms with van der Waals surface area (Å²) in [5.74, 6) is 0.621. The molecule has 1 aliphatic carbocycles. The second kappa shape index (κ2) is 5.00. The van der Waals surface area contributed by atoms with Crippen molar-refractivity contribution in [2.45, 2.75) is 38.8 Å². The molecule has 92 valence electrons. The van der Waals surface area contributed by atoms with Gasteiger partial charge in [-0.2, -0.15) is 0 Å². The van der Waals surface area contributed by atoms with Crippen molar-refractivity contribution in [3.8, 4) is 0 Å². The summed E-state index contributed by atoms with van der Waals surface area (Å²) in [5.41, 5.74) is -0.142. The first-order chi connectivity index (χ1) is 8.08. The van der Waals surface area contributed by atoms with Crippen LogP contribution in [0.1, 0.15) is 25.1 Å². The molecule has 17 heavy (non-hydrogen) atoms. The van der Waals surface area contributed by atoms with Crippen LogP contribution in [0.5, 0.6) is 0 Å². The van der Waals surface area contributed by atoms with Crippen molar-refractivity contribution >= 4 is 21.8 Å². The van der Waals surface area contributed by atoms with Gasteiger partial charge in [0.25, 0.3) is 5.56 Å². The summed E-state index contributed by atoms with van der Waals surface area (Å²) < 4.78 is 1.93. The second-order valence-electron chi connectivity index (χ2n) is 4.20. The molecule has 0 aromatic carbocycles. The van der Waals surface area contributed by atoms with E-state index >= 15 is 0 Å². The van der Waals surface area contributed by atoms with Crippen molar-refractivity contribution in [1.82, 2.24) is 14.9 Å². The first kappa shape index (κ1) is 12.3. The highest BCUT2D eigenvalue weighted by Crippen LogP contribution is 2.18. The molecule has 0 saturated heterocycles. The number of carbonyl (C=O) groups is 1. The molecule has 0 aliphatic heterocycles. The number of aromatic nitrogens is 2. The summed E-state index contributed by atoms with van der Waals surface area (Å²) in [7, 11) is 0. The average molecular weight is 300 g/mol. The van der Waals surface area contributed by atoms with Gasteiger partial charge in [-0.15, -0.1) is 0 Å². The van der Waals surface area contributed by atoms with Crippen molar-refractivity contribution in [3.05, 3.63) is 26.8 Å². The van der Waals surface area contributed by atoms with Gasteiger partial charge in [0.15, 0.2) is 0 Å². The molecule has 1 saturated carbocycles. The van der Waals surface area contributed by atoms with E-state index in [2.05, 4.69) is 26.2 Å². The number of nitrogens with one attached hydrogen (secondary N) is 1. The third-order valence-corrected chi connectivity index (χ3v) is 3.25. The molecule has 1 N–H and O–H groups in total. The lowest BCUT2D eigenvalue weighted by Gasteiger charge is -2.09. The van der Waals surface area contributed by atoms with Crippen LogP contribution >= 0.6 is 15.9 Å². The predicted molar refractivity (Wildman–Crippen MR) is 66.7 cm³/mol. The van der Waals surface area contributed by atoms with Gasteiger partial charge in [0.1, 0.15) is 10.3 Å². The third kappa shape index (κ3) is 3.15. The smallest absolute Gasteiger partial charge is 0.267 e. The van der Waals surface area contributed by atoms with Crippen molar-refractivity contribution in [2.75, 3.05) is 0 Å². The molecule has 1 aromatic rings. The fraction of sp³-hybridized carbons (Fsp3) is 0.545. The molecule has 1 fully saturated rings. The van der Waals surface area contributed by atoms with Crippen molar-refractivity contribution in [3.63, 3.8) is 0 Å². The lowest BCUT2D eigenvalue weighted by atomic mass is 10.3. The minimum absolute atomic E-state index is 0.00113. The van der Waals surface area contributed by atoms with Gasteiger partial charge in [0, 0.05) is 25.2 Å². The van der Waals surface area contributed by atoms with Crippen LogP contribution in [-0.4, -0.2) is 21.5 Å². The van der Waals surface area contributed by atoms with Crippen molar-refractivity contribution < 1.29 is 4.79 Å². The predicted octanol–water partition coefficient (Wildman–Crippen LogP) is 0.983. The molecule has 1 amide bonds. The summed E-state index contributed by atoms with van der Waals surface area (Å²) >= 11 is 3.14. The normalized spacial score (nSPS) is 14.7. The molecule has 1 aliphatic rings. The molecule has 0 spiro atoms. The van der Waals surface area contributed by atoms with Gasteiger partial charge in [-0.05, 0) is 35.7 Å². The fourth-order valence-electron chi connectivity index (χ4n) is 1.56. The number of halogens is 1. The highest BCUT2D eigenvalue weighted by Gasteiger charge is 2.23. The maximum atomic E-state index is 11.8. The van der Waals surface area contributed by atoms with Gasteiger partial charge in [-0.3, -0.25) is 14.2 Å². The van der Waals surface area contributed by atoms with E-state index in [-0.39, 0.29) is 11.5 Å². The molecule has 0 radical (unpaired) electrons. The zero-order valence-electron chi connectivity index (χ0n) is 9.57. The van der Waals surface area contributed by atoms with Gasteiger partial charge in [0.05, 0.1) is 0 Å². The van der Waals surface area contributed by atoms with Gasteiger partial charge >= 0.3 is 0 Å². The maximum absolute atomic E-state index is 11.8. The van der Waals surface area contributed by atoms with Gasteiger partial charge < -0.3 is 5.32 Å². The summed E-state index contributed by atoms with van der Waals surface area (Å²) in [5, 5.41) is 2.89. The molecule has 1 aromatic heterocycles. The van der Waals surface area contributed by atoms with E-state index in [0.717, 1.165) is 12.8 Å². The average Bonchev–Trinajstić information content (AvgIpc) is 3.07. The number of hydrogen-bond donors (Lipinski definition) is 1. The minimum atomic E-state index is -0.142. The van der Waals surface area contributed by atoms with E-state index in [0.29, 0.717) is 29.3 Å². The van der Waals surface area contributed by atoms with Crippen LogP contribution in [-0.2, 0) is 11.3 Å². The van der Waals surface area contributed by atoms with E-state index in [1.807, 2.05) is 0 Å². The van der Waals surface area contributed by atoms with E-state index in [9.17, 15) is 9.59 Å². The van der Waals surface area contributed by atoms with Crippen LogP contribution in [0.4, 0.5) is 0 Å². The molecule has 0 atom stereocenters. The Hall–Kier alpha value is -1.17. The number of rotatable bonds is 4. The Morgan fingerprint density at radius 3 is 3.00 bits per heavy atom. The highest BCUT2D eigenvalue weighted by atomic mass is 79.9. The largest absolute Gasteiger partial charge is 0.353 e. The van der Waals surface area contributed by atoms with E-state index in [1.54, 1.807) is 6.92 Å². The van der Waals surface area contributed by atoms with E-state index in [4.69, 9.17) is 0 Å². The Bertz CT molecular complexity index is 494. The SMILES string of the molecule is Cc1ncc(Br)c(=O)n1CCC(=O)NC1CC1. The maximum Gasteiger partial charge on any atom is 0.267 e. The molecule has 0 unspecified atom stereocenters. The first-order valence-electron chi connectivity index (χ1n) is 5.59. The van der Waals surface area contributed by atoms with Crippen LogP contribution in [0.2, 0.25) is 0 Å². The molecule has 6 heteroatoms. The Kier molecular flexibility index (Phi) is 3.61. The van der Waals surface area contributed by atoms with Crippen LogP contribution in [0, 0.1) is 6.92 Å². The quantitative estimate of drug-likeness (QED) is 0.901. The Balaban J connectivity index is 2.00. The van der Waals surface area contributed by atoms with Crippen molar-refractivity contribution in [2.24, 2.45) is 0 Å². The summed E-state index contributed by atoms with van der Waals surface area (Å²) in [6.45, 7) is 2.13. The lowest BCUT2D eigenvalue weighted by molar-refractivity contribution is -0.121. The van der Waals surface area contributed by atoms with Crippen LogP contribution in [0.15, 0.2) is 15.5 Å². The fourth-order valence-corrected chi connectivity index (χ4v) is 1.87. The van der Waals surface area contributed by atoms with Gasteiger partial charge in [0.2, 0.25) is 5.91 Å². The molecule has 0 bridgehead atoms. The zero-order chi connectivity index (χ0) is 12.4. The van der Waals surface area contributed by atoms with E-state index < -0.39 is 0 Å². The van der Waals surface area contributed by atoms with Gasteiger partial charge in [-0.1, -0.05) is 0 Å². The lowest BCUT2D eigenvalue weighted by Crippen LogP contribution is -2.30. The molecule has 5 nitrogen and oxygen atoms in total. The summed E-state index contributed by atoms with van der Waals surface area (Å²) in [6, 6.07) is 0.362. The summed E-state index contributed by atoms with van der Waals surface area (Å²) in [4.78, 5) is 27.4. The van der Waals surface area contributed by atoms with E-state index in [1.165, 1.54) is 10.8 Å². The molecule has 1 heterocycles. The van der Waals surface area contributed by atoms with Crippen LogP contribution < -0.4 is 10.9 Å². The number of nitrogens with zero attached hydrogens (tertiary/aromatic N) is 2. The molecular formula is C11H14BrN3O2. The highest BCUT2D eigenvalue weighted by molar-refractivity contribution is 9.10. The summed E-state index contributed by atoms with van der Waals surface area (Å²) in [6.07, 6.45) is 3.94.